The predicted octanol–water partition coefficient (Wildman–Crippen LogP) is 1.07. The molecule has 1 aromatic carbocycles. The van der Waals surface area contributed by atoms with Gasteiger partial charge in [0.25, 0.3) is 0 Å². The number of hydrogen-bond acceptors (Lipinski definition) is 6. The van der Waals surface area contributed by atoms with E-state index < -0.39 is 15.8 Å². The minimum atomic E-state index is -3.84. The lowest BCUT2D eigenvalue weighted by molar-refractivity contribution is 0.410. The van der Waals surface area contributed by atoms with E-state index in [4.69, 9.17) is 5.73 Å². The van der Waals surface area contributed by atoms with Gasteiger partial charge in [0.1, 0.15) is 10.7 Å². The van der Waals surface area contributed by atoms with Gasteiger partial charge in [-0.15, -0.1) is 0 Å². The third-order valence-electron chi connectivity index (χ3n) is 2.39. The van der Waals surface area contributed by atoms with E-state index in [1.54, 1.807) is 0 Å². The maximum atomic E-state index is 13.2. The molecule has 7 nitrogen and oxygen atoms in total. The second kappa shape index (κ2) is 5.85. The van der Waals surface area contributed by atoms with Crippen LogP contribution in [0, 0.1) is 5.82 Å². The molecule has 1 heterocycles. The number of rotatable bonds is 5. The maximum Gasteiger partial charge on any atom is 0.242 e. The minimum Gasteiger partial charge on any atom is -0.398 e. The summed E-state index contributed by atoms with van der Waals surface area (Å²) in [4.78, 5) is 3.56. The second-order valence-electron chi connectivity index (χ2n) is 3.80. The molecule has 2 aromatic rings. The van der Waals surface area contributed by atoms with Crippen LogP contribution in [0.5, 0.6) is 0 Å². The van der Waals surface area contributed by atoms with Crippen LogP contribution in [0.1, 0.15) is 5.82 Å². The van der Waals surface area contributed by atoms with Crippen molar-refractivity contribution in [3.05, 3.63) is 34.6 Å². The summed E-state index contributed by atoms with van der Waals surface area (Å²) in [5.41, 5.74) is 5.35. The summed E-state index contributed by atoms with van der Waals surface area (Å²) < 4.78 is 44.2. The van der Waals surface area contributed by atoms with Gasteiger partial charge in [0.05, 0.1) is 10.2 Å². The fraction of sp³-hybridized carbons (Fsp3) is 0.200. The molecule has 0 aliphatic rings. The summed E-state index contributed by atoms with van der Waals surface area (Å²) in [6, 6.07) is 2.05. The van der Waals surface area contributed by atoms with Gasteiger partial charge in [-0.05, 0) is 28.1 Å². The molecule has 0 saturated heterocycles. The molecule has 0 bridgehead atoms. The molecule has 0 aliphatic carbocycles. The molecule has 3 N–H and O–H groups in total. The highest BCUT2D eigenvalue weighted by Gasteiger charge is 2.19. The number of benzene rings is 1. The van der Waals surface area contributed by atoms with Crippen molar-refractivity contribution >= 4 is 31.6 Å². The normalized spacial score (nSPS) is 11.7. The van der Waals surface area contributed by atoms with Gasteiger partial charge in [-0.3, -0.25) is 0 Å². The molecule has 0 radical (unpaired) electrons. The Morgan fingerprint density at radius 2 is 2.20 bits per heavy atom. The molecule has 1 aromatic heterocycles. The lowest BCUT2D eigenvalue weighted by Crippen LogP contribution is -2.27. The molecular weight excluding hydrogens is 355 g/mol. The number of aromatic nitrogens is 2. The SMILES string of the molecule is Nc1cc(F)c(Br)cc1S(=O)(=O)NCCc1ncon1. The van der Waals surface area contributed by atoms with Gasteiger partial charge in [-0.1, -0.05) is 5.16 Å². The van der Waals surface area contributed by atoms with Crippen LogP contribution in [-0.4, -0.2) is 25.1 Å². The van der Waals surface area contributed by atoms with E-state index in [1.807, 2.05) is 0 Å². The van der Waals surface area contributed by atoms with Crippen molar-refractivity contribution < 1.29 is 17.3 Å². The Labute approximate surface area is 122 Å². The molecule has 0 fully saturated rings. The van der Waals surface area contributed by atoms with Crippen molar-refractivity contribution in [1.82, 2.24) is 14.9 Å². The van der Waals surface area contributed by atoms with Crippen LogP contribution >= 0.6 is 15.9 Å². The molecule has 0 amide bonds. The standard InChI is InChI=1S/C10H10BrFN4O3S/c11-6-3-9(8(13)4-7(6)12)20(17,18)15-2-1-10-14-5-19-16-10/h3-5,15H,1-2,13H2. The average molecular weight is 365 g/mol. The van der Waals surface area contributed by atoms with Gasteiger partial charge in [0, 0.05) is 13.0 Å². The van der Waals surface area contributed by atoms with Crippen molar-refractivity contribution in [3.8, 4) is 0 Å². The molecule has 0 aliphatic heterocycles. The number of anilines is 1. The van der Waals surface area contributed by atoms with E-state index in [0.717, 1.165) is 18.5 Å². The van der Waals surface area contributed by atoms with Crippen LogP contribution in [-0.2, 0) is 16.4 Å². The lowest BCUT2D eigenvalue weighted by Gasteiger charge is -2.09. The van der Waals surface area contributed by atoms with Gasteiger partial charge in [0.2, 0.25) is 16.4 Å². The number of sulfonamides is 1. The first-order valence-electron chi connectivity index (χ1n) is 5.39. The fourth-order valence-corrected chi connectivity index (χ4v) is 3.12. The first-order valence-corrected chi connectivity index (χ1v) is 7.67. The smallest absolute Gasteiger partial charge is 0.242 e. The van der Waals surface area contributed by atoms with Crippen LogP contribution in [0.2, 0.25) is 0 Å². The van der Waals surface area contributed by atoms with Crippen molar-refractivity contribution in [3.63, 3.8) is 0 Å². The lowest BCUT2D eigenvalue weighted by atomic mass is 10.3. The van der Waals surface area contributed by atoms with E-state index in [0.29, 0.717) is 5.82 Å². The molecule has 20 heavy (non-hydrogen) atoms. The Kier molecular flexibility index (Phi) is 4.35. The summed E-state index contributed by atoms with van der Waals surface area (Å²) in [6.07, 6.45) is 1.41. The minimum absolute atomic E-state index is 0.0187. The summed E-state index contributed by atoms with van der Waals surface area (Å²) in [5.74, 6) is -0.255. The number of nitrogens with zero attached hydrogens (tertiary/aromatic N) is 2. The first kappa shape index (κ1) is 14.9. The molecule has 10 heteroatoms. The Balaban J connectivity index is 2.12. The van der Waals surface area contributed by atoms with E-state index in [1.165, 1.54) is 0 Å². The zero-order valence-electron chi connectivity index (χ0n) is 10.0. The topological polar surface area (TPSA) is 111 Å². The van der Waals surface area contributed by atoms with E-state index in [-0.39, 0.29) is 28.0 Å². The summed E-state index contributed by atoms with van der Waals surface area (Å²) in [6.45, 7) is 0.0658. The molecular formula is C10H10BrFN4O3S. The third-order valence-corrected chi connectivity index (χ3v) is 4.51. The van der Waals surface area contributed by atoms with Crippen LogP contribution in [0.15, 0.2) is 32.4 Å². The van der Waals surface area contributed by atoms with Crippen LogP contribution in [0.3, 0.4) is 0 Å². The molecule has 108 valence electrons. The first-order chi connectivity index (χ1) is 9.40. The Morgan fingerprint density at radius 1 is 1.45 bits per heavy atom. The number of nitrogens with one attached hydrogen (secondary N) is 1. The van der Waals surface area contributed by atoms with Gasteiger partial charge in [-0.25, -0.2) is 17.5 Å². The highest BCUT2D eigenvalue weighted by Crippen LogP contribution is 2.25. The molecule has 0 spiro atoms. The zero-order chi connectivity index (χ0) is 14.8. The van der Waals surface area contributed by atoms with Gasteiger partial charge in [0.15, 0.2) is 5.82 Å². The van der Waals surface area contributed by atoms with Crippen molar-refractivity contribution in [2.24, 2.45) is 0 Å². The van der Waals surface area contributed by atoms with Crippen LogP contribution < -0.4 is 10.5 Å². The Hall–Kier alpha value is -1.52. The number of nitrogen functional groups attached to an aromatic ring is 1. The molecule has 0 unspecified atom stereocenters. The number of hydrogen-bond donors (Lipinski definition) is 2. The number of nitrogens with two attached hydrogens (primary N) is 1. The maximum absolute atomic E-state index is 13.2. The summed E-state index contributed by atoms with van der Waals surface area (Å²) in [7, 11) is -3.84. The summed E-state index contributed by atoms with van der Waals surface area (Å²) in [5, 5.41) is 3.55. The van der Waals surface area contributed by atoms with E-state index in [9.17, 15) is 12.8 Å². The van der Waals surface area contributed by atoms with Crippen LogP contribution in [0.25, 0.3) is 0 Å². The second-order valence-corrected chi connectivity index (χ2v) is 6.39. The van der Waals surface area contributed by atoms with E-state index in [2.05, 4.69) is 35.3 Å². The van der Waals surface area contributed by atoms with Gasteiger partial charge < -0.3 is 10.3 Å². The highest BCUT2D eigenvalue weighted by atomic mass is 79.9. The van der Waals surface area contributed by atoms with Gasteiger partial charge >= 0.3 is 0 Å². The quantitative estimate of drug-likeness (QED) is 0.767. The highest BCUT2D eigenvalue weighted by molar-refractivity contribution is 9.10. The van der Waals surface area contributed by atoms with Gasteiger partial charge in [-0.2, -0.15) is 4.98 Å². The largest absolute Gasteiger partial charge is 0.398 e. The molecule has 2 rings (SSSR count). The zero-order valence-corrected chi connectivity index (χ0v) is 12.4. The Bertz CT molecular complexity index is 706. The monoisotopic (exact) mass is 364 g/mol. The third kappa shape index (κ3) is 3.32. The van der Waals surface area contributed by atoms with Crippen molar-refractivity contribution in [2.45, 2.75) is 11.3 Å². The fourth-order valence-electron chi connectivity index (χ4n) is 1.45. The van der Waals surface area contributed by atoms with Crippen molar-refractivity contribution in [2.75, 3.05) is 12.3 Å². The summed E-state index contributed by atoms with van der Waals surface area (Å²) >= 11 is 2.92. The average Bonchev–Trinajstić information content (AvgIpc) is 2.86. The van der Waals surface area contributed by atoms with E-state index >= 15 is 0 Å². The predicted molar refractivity (Wildman–Crippen MR) is 71.7 cm³/mol. The van der Waals surface area contributed by atoms with Crippen LogP contribution in [0.4, 0.5) is 10.1 Å². The molecule has 0 atom stereocenters. The van der Waals surface area contributed by atoms with Crippen molar-refractivity contribution in [1.29, 1.82) is 0 Å². The molecule has 0 saturated carbocycles. The Morgan fingerprint density at radius 3 is 2.85 bits per heavy atom. The number of halogens is 2.